The normalized spacial score (nSPS) is 20.3. The van der Waals surface area contributed by atoms with E-state index < -0.39 is 5.97 Å². The topological polar surface area (TPSA) is 70.1 Å². The van der Waals surface area contributed by atoms with Crippen molar-refractivity contribution >= 4 is 11.8 Å². The minimum absolute atomic E-state index is 0.219. The fourth-order valence-electron chi connectivity index (χ4n) is 3.03. The summed E-state index contributed by atoms with van der Waals surface area (Å²) in [5.41, 5.74) is 6.81. The van der Waals surface area contributed by atoms with Gasteiger partial charge in [0.2, 0.25) is 0 Å². The lowest BCUT2D eigenvalue weighted by atomic mass is 10.0. The van der Waals surface area contributed by atoms with Gasteiger partial charge in [-0.2, -0.15) is 0 Å². The lowest BCUT2D eigenvalue weighted by Gasteiger charge is -2.09. The highest BCUT2D eigenvalue weighted by Crippen LogP contribution is 2.69. The Hall–Kier alpha value is -1.52. The number of ether oxygens (including phenoxy) is 1. The number of aromatic nitrogens is 2. The number of imidazole rings is 1. The number of hydrogen-bond acceptors (Lipinski definition) is 4. The summed E-state index contributed by atoms with van der Waals surface area (Å²) in [5, 5.41) is 0. The minimum Gasteiger partial charge on any atom is -0.464 e. The second kappa shape index (κ2) is 3.99. The van der Waals surface area contributed by atoms with Gasteiger partial charge in [-0.3, -0.25) is 0 Å². The molecule has 2 N–H and O–H groups in total. The van der Waals surface area contributed by atoms with E-state index in [1.165, 1.54) is 7.11 Å². The Morgan fingerprint density at radius 3 is 2.32 bits per heavy atom. The van der Waals surface area contributed by atoms with Crippen molar-refractivity contribution in [1.82, 2.24) is 9.55 Å². The Morgan fingerprint density at radius 1 is 1.37 bits per heavy atom. The molecular formula is C14H23N3O2. The molecule has 0 aromatic carbocycles. The maximum Gasteiger partial charge on any atom is 0.360 e. The second-order valence-electron chi connectivity index (χ2n) is 6.49. The maximum absolute atomic E-state index is 11.6. The van der Waals surface area contributed by atoms with Gasteiger partial charge in [0.1, 0.15) is 11.6 Å². The molecule has 0 amide bonds. The Kier molecular flexibility index (Phi) is 2.92. The van der Waals surface area contributed by atoms with E-state index in [-0.39, 0.29) is 16.5 Å². The predicted molar refractivity (Wildman–Crippen MR) is 73.8 cm³/mol. The molecule has 0 unspecified atom stereocenters. The number of hydrogen-bond donors (Lipinski definition) is 1. The highest BCUT2D eigenvalue weighted by atomic mass is 16.5. The smallest absolute Gasteiger partial charge is 0.360 e. The summed E-state index contributed by atoms with van der Waals surface area (Å²) in [4.78, 5) is 15.8. The van der Waals surface area contributed by atoms with Gasteiger partial charge in [0, 0.05) is 6.54 Å². The third-order valence-corrected chi connectivity index (χ3v) is 5.26. The van der Waals surface area contributed by atoms with Crippen LogP contribution in [0.2, 0.25) is 0 Å². The van der Waals surface area contributed by atoms with Crippen molar-refractivity contribution in [2.45, 2.75) is 41.2 Å². The molecule has 1 saturated carbocycles. The summed E-state index contributed by atoms with van der Waals surface area (Å²) in [6.07, 6.45) is 0. The molecular weight excluding hydrogens is 242 g/mol. The fraction of sp³-hybridized carbons (Fsp3) is 0.714. The Morgan fingerprint density at radius 2 is 1.89 bits per heavy atom. The molecule has 1 fully saturated rings. The number of rotatable bonds is 3. The van der Waals surface area contributed by atoms with Gasteiger partial charge in [0.25, 0.3) is 0 Å². The number of anilines is 1. The van der Waals surface area contributed by atoms with Gasteiger partial charge >= 0.3 is 5.97 Å². The van der Waals surface area contributed by atoms with E-state index in [2.05, 4.69) is 32.7 Å². The van der Waals surface area contributed by atoms with Gasteiger partial charge in [-0.25, -0.2) is 9.78 Å². The molecule has 2 rings (SSSR count). The van der Waals surface area contributed by atoms with E-state index in [0.717, 1.165) is 12.4 Å². The minimum atomic E-state index is -0.478. The van der Waals surface area contributed by atoms with E-state index in [4.69, 9.17) is 10.5 Å². The van der Waals surface area contributed by atoms with E-state index in [1.807, 2.05) is 11.5 Å². The Balaban J connectivity index is 2.28. The van der Waals surface area contributed by atoms with Gasteiger partial charge in [0.05, 0.1) is 7.11 Å². The van der Waals surface area contributed by atoms with Crippen LogP contribution in [0.1, 0.15) is 44.0 Å². The molecule has 0 radical (unpaired) electrons. The van der Waals surface area contributed by atoms with Gasteiger partial charge < -0.3 is 15.0 Å². The van der Waals surface area contributed by atoms with Crippen molar-refractivity contribution in [1.29, 1.82) is 0 Å². The third-order valence-electron chi connectivity index (χ3n) is 5.26. The zero-order valence-corrected chi connectivity index (χ0v) is 12.6. The average molecular weight is 265 g/mol. The van der Waals surface area contributed by atoms with Gasteiger partial charge in [-0.1, -0.05) is 27.7 Å². The van der Waals surface area contributed by atoms with Crippen LogP contribution in [0.3, 0.4) is 0 Å². The molecule has 5 nitrogen and oxygen atoms in total. The number of carbonyl (C=O) groups is 1. The summed E-state index contributed by atoms with van der Waals surface area (Å²) in [6, 6.07) is 0. The zero-order valence-electron chi connectivity index (χ0n) is 12.6. The predicted octanol–water partition coefficient (Wildman–Crippen LogP) is 2.24. The number of nitrogen functional groups attached to an aromatic ring is 1. The first kappa shape index (κ1) is 13.9. The number of nitrogens with zero attached hydrogens (tertiary/aromatic N) is 2. The number of nitrogens with two attached hydrogens (primary N) is 1. The second-order valence-corrected chi connectivity index (χ2v) is 6.49. The summed E-state index contributed by atoms with van der Waals surface area (Å²) in [5.74, 6) is 1.22. The molecule has 0 spiro atoms. The van der Waals surface area contributed by atoms with Crippen LogP contribution in [0, 0.1) is 23.7 Å². The van der Waals surface area contributed by atoms with E-state index in [1.54, 1.807) is 0 Å². The van der Waals surface area contributed by atoms with Crippen LogP contribution in [0.15, 0.2) is 0 Å². The molecule has 0 saturated heterocycles. The lowest BCUT2D eigenvalue weighted by molar-refractivity contribution is 0.0595. The first-order valence-corrected chi connectivity index (χ1v) is 6.55. The van der Waals surface area contributed by atoms with Crippen molar-refractivity contribution < 1.29 is 9.53 Å². The Labute approximate surface area is 114 Å². The molecule has 0 aliphatic heterocycles. The van der Waals surface area contributed by atoms with Crippen LogP contribution in [0.4, 0.5) is 5.82 Å². The molecule has 1 aromatic rings. The van der Waals surface area contributed by atoms with E-state index in [0.29, 0.717) is 11.7 Å². The van der Waals surface area contributed by atoms with Crippen LogP contribution in [0.5, 0.6) is 0 Å². The summed E-state index contributed by atoms with van der Waals surface area (Å²) < 4.78 is 6.62. The van der Waals surface area contributed by atoms with Gasteiger partial charge in [-0.05, 0) is 23.7 Å². The van der Waals surface area contributed by atoms with E-state index in [9.17, 15) is 4.79 Å². The van der Waals surface area contributed by atoms with Crippen molar-refractivity contribution in [2.75, 3.05) is 12.8 Å². The van der Waals surface area contributed by atoms with Crippen molar-refractivity contribution in [2.24, 2.45) is 16.7 Å². The number of aryl methyl sites for hydroxylation is 1. The molecule has 19 heavy (non-hydrogen) atoms. The van der Waals surface area contributed by atoms with Crippen molar-refractivity contribution in [3.05, 3.63) is 11.5 Å². The molecule has 1 aromatic heterocycles. The number of methoxy groups -OCH3 is 1. The number of esters is 1. The van der Waals surface area contributed by atoms with Crippen LogP contribution in [-0.4, -0.2) is 22.6 Å². The zero-order chi connectivity index (χ0) is 14.6. The van der Waals surface area contributed by atoms with E-state index >= 15 is 0 Å². The molecule has 0 atom stereocenters. The fourth-order valence-corrected chi connectivity index (χ4v) is 3.03. The molecule has 1 aliphatic rings. The number of carbonyl (C=O) groups excluding carboxylic acids is 1. The van der Waals surface area contributed by atoms with Crippen LogP contribution in [-0.2, 0) is 11.3 Å². The maximum atomic E-state index is 11.6. The summed E-state index contributed by atoms with van der Waals surface area (Å²) >= 11 is 0. The quantitative estimate of drug-likeness (QED) is 0.851. The van der Waals surface area contributed by atoms with Crippen LogP contribution in [0.25, 0.3) is 0 Å². The first-order chi connectivity index (χ1) is 8.64. The lowest BCUT2D eigenvalue weighted by Crippen LogP contribution is -2.11. The Bertz CT molecular complexity index is 515. The third kappa shape index (κ3) is 1.83. The first-order valence-electron chi connectivity index (χ1n) is 6.55. The largest absolute Gasteiger partial charge is 0.464 e. The molecule has 106 valence electrons. The van der Waals surface area contributed by atoms with Crippen LogP contribution < -0.4 is 5.73 Å². The summed E-state index contributed by atoms with van der Waals surface area (Å²) in [7, 11) is 1.34. The molecule has 5 heteroatoms. The monoisotopic (exact) mass is 265 g/mol. The molecule has 1 aliphatic carbocycles. The van der Waals surface area contributed by atoms with Gasteiger partial charge in [-0.15, -0.1) is 0 Å². The highest BCUT2D eigenvalue weighted by Gasteiger charge is 2.64. The van der Waals surface area contributed by atoms with Crippen molar-refractivity contribution in [3.63, 3.8) is 0 Å². The highest BCUT2D eigenvalue weighted by molar-refractivity contribution is 5.92. The molecule has 0 bridgehead atoms. The standard InChI is InChI=1S/C14H23N3O2/c1-8-16-10(12(18)19-6)11(15)17(8)7-9-13(2,3)14(9,4)5/h9H,7,15H2,1-6H3. The van der Waals surface area contributed by atoms with Crippen molar-refractivity contribution in [3.8, 4) is 0 Å². The van der Waals surface area contributed by atoms with Crippen LogP contribution >= 0.6 is 0 Å². The van der Waals surface area contributed by atoms with Gasteiger partial charge in [0.15, 0.2) is 5.69 Å². The summed E-state index contributed by atoms with van der Waals surface area (Å²) in [6.45, 7) is 11.7. The average Bonchev–Trinajstić information content (AvgIpc) is 2.57. The SMILES string of the molecule is COC(=O)c1nc(C)n(CC2C(C)(C)C2(C)C)c1N. The molecule has 1 heterocycles.